The Morgan fingerprint density at radius 2 is 1.81 bits per heavy atom. The van der Waals surface area contributed by atoms with Crippen molar-refractivity contribution in [1.29, 1.82) is 0 Å². The molecule has 0 spiro atoms. The van der Waals surface area contributed by atoms with Crippen LogP contribution in [0.1, 0.15) is 10.4 Å². The summed E-state index contributed by atoms with van der Waals surface area (Å²) in [6.45, 7) is 0. The number of hydrogen-bond donors (Lipinski definition) is 1. The van der Waals surface area contributed by atoms with Crippen LogP contribution < -0.4 is 67.4 Å². The van der Waals surface area contributed by atoms with Gasteiger partial charge < -0.3 is 19.6 Å². The van der Waals surface area contributed by atoms with Crippen LogP contribution in [0.5, 0.6) is 0 Å². The molecule has 0 aliphatic rings. The van der Waals surface area contributed by atoms with Crippen molar-refractivity contribution in [1.82, 2.24) is 9.55 Å². The monoisotopic (exact) mass is 541 g/mol. The van der Waals surface area contributed by atoms with E-state index in [2.05, 4.69) is 10.3 Å². The fourth-order valence-electron chi connectivity index (χ4n) is 3.57. The van der Waals surface area contributed by atoms with E-state index in [0.717, 1.165) is 11.8 Å². The van der Waals surface area contributed by atoms with Crippen LogP contribution in [0.25, 0.3) is 27.2 Å². The largest absolute Gasteiger partial charge is 1.00 e. The number of anilines is 1. The number of carbonyl (C=O) groups excluding carboxylic acids is 2. The van der Waals surface area contributed by atoms with E-state index in [1.807, 2.05) is 23.6 Å². The molecule has 174 valence electrons. The van der Waals surface area contributed by atoms with E-state index >= 15 is 0 Å². The zero-order valence-corrected chi connectivity index (χ0v) is 23.7. The molecule has 1 amide bonds. The molecule has 0 aliphatic heterocycles. The Kier molecular flexibility index (Phi) is 8.62. The van der Waals surface area contributed by atoms with Gasteiger partial charge in [0.2, 0.25) is 5.91 Å². The van der Waals surface area contributed by atoms with Crippen LogP contribution in [0, 0.1) is 0 Å². The van der Waals surface area contributed by atoms with Crippen molar-refractivity contribution < 1.29 is 70.5 Å². The fourth-order valence-corrected chi connectivity index (χ4v) is 5.35. The molecule has 0 radical (unpaired) electrons. The summed E-state index contributed by atoms with van der Waals surface area (Å²) < 4.78 is 6.97. The molecule has 2 aromatic carbocycles. The summed E-state index contributed by atoms with van der Waals surface area (Å²) in [6.07, 6.45) is 1.55. The molecule has 0 saturated heterocycles. The summed E-state index contributed by atoms with van der Waals surface area (Å²) in [7, 11) is 0. The standard InChI is InChI=1S/C25H17N3O5S2.K/c29-20(26-18-10-5-4-9-16(18)24(31)32)14-35-25-27-22-21(17(13-34-22)19-11-6-12-33-19)23(30)28(25)15-7-2-1-3-8-15;/h1-13H,14H2,(H,26,29)(H,31,32);/q;+1/p-1. The molecular formula is C25H16KN3O5S2. The second kappa shape index (κ2) is 11.7. The number of benzene rings is 2. The Bertz CT molecular complexity index is 1600. The predicted octanol–water partition coefficient (Wildman–Crippen LogP) is 0.805. The van der Waals surface area contributed by atoms with Gasteiger partial charge in [0.05, 0.1) is 29.1 Å². The minimum Gasteiger partial charge on any atom is -0.545 e. The van der Waals surface area contributed by atoms with Crippen molar-refractivity contribution in [2.45, 2.75) is 5.16 Å². The Labute approximate surface area is 255 Å². The number of nitrogens with zero attached hydrogens (tertiary/aromatic N) is 2. The van der Waals surface area contributed by atoms with Crippen molar-refractivity contribution in [3.05, 3.63) is 94.3 Å². The van der Waals surface area contributed by atoms with E-state index in [4.69, 9.17) is 4.42 Å². The van der Waals surface area contributed by atoms with Crippen LogP contribution in [-0.2, 0) is 4.79 Å². The number of carbonyl (C=O) groups is 2. The number of aromatic carboxylic acids is 1. The number of carboxylic acid groups (broad SMARTS) is 1. The number of carboxylic acids is 1. The number of amides is 1. The molecule has 0 saturated carbocycles. The minimum absolute atomic E-state index is 0. The van der Waals surface area contributed by atoms with Crippen LogP contribution in [0.3, 0.4) is 0 Å². The van der Waals surface area contributed by atoms with Crippen LogP contribution in [0.15, 0.2) is 92.7 Å². The number of para-hydroxylation sites is 2. The van der Waals surface area contributed by atoms with E-state index in [-0.39, 0.29) is 73.9 Å². The van der Waals surface area contributed by atoms with Gasteiger partial charge in [-0.3, -0.25) is 14.2 Å². The molecule has 8 nitrogen and oxygen atoms in total. The van der Waals surface area contributed by atoms with Gasteiger partial charge in [0.15, 0.2) is 5.16 Å². The van der Waals surface area contributed by atoms with Crippen molar-refractivity contribution in [3.8, 4) is 17.0 Å². The molecule has 5 rings (SSSR count). The number of thioether (sulfide) groups is 1. The minimum atomic E-state index is -1.39. The molecule has 3 heterocycles. The van der Waals surface area contributed by atoms with Gasteiger partial charge in [0.1, 0.15) is 10.6 Å². The number of hydrogen-bond acceptors (Lipinski definition) is 8. The number of aromatic nitrogens is 2. The van der Waals surface area contributed by atoms with Gasteiger partial charge in [-0.1, -0.05) is 48.2 Å². The van der Waals surface area contributed by atoms with Crippen LogP contribution >= 0.6 is 23.1 Å². The summed E-state index contributed by atoms with van der Waals surface area (Å²) in [5.41, 5.74) is 1.01. The van der Waals surface area contributed by atoms with Crippen molar-refractivity contribution in [3.63, 3.8) is 0 Å². The molecule has 5 aromatic rings. The van der Waals surface area contributed by atoms with Gasteiger partial charge in [0, 0.05) is 22.2 Å². The number of fused-ring (bicyclic) bond motifs is 1. The molecular weight excluding hydrogens is 526 g/mol. The maximum Gasteiger partial charge on any atom is 1.00 e. The molecule has 0 unspecified atom stereocenters. The normalized spacial score (nSPS) is 10.7. The number of rotatable bonds is 7. The van der Waals surface area contributed by atoms with Gasteiger partial charge in [0.25, 0.3) is 5.56 Å². The van der Waals surface area contributed by atoms with Gasteiger partial charge in [-0.05, 0) is 30.3 Å². The second-order valence-corrected chi connectivity index (χ2v) is 9.15. The van der Waals surface area contributed by atoms with Gasteiger partial charge >= 0.3 is 51.4 Å². The van der Waals surface area contributed by atoms with Gasteiger partial charge in [-0.15, -0.1) is 11.3 Å². The third kappa shape index (κ3) is 5.42. The molecule has 11 heteroatoms. The van der Waals surface area contributed by atoms with E-state index < -0.39 is 11.9 Å². The second-order valence-electron chi connectivity index (χ2n) is 7.35. The zero-order valence-electron chi connectivity index (χ0n) is 19.0. The van der Waals surface area contributed by atoms with Gasteiger partial charge in [-0.25, -0.2) is 4.98 Å². The summed E-state index contributed by atoms with van der Waals surface area (Å²) in [5.74, 6) is -1.35. The number of thiophene rings is 1. The topological polar surface area (TPSA) is 117 Å². The molecule has 0 bridgehead atoms. The van der Waals surface area contributed by atoms with Crippen molar-refractivity contribution in [2.24, 2.45) is 0 Å². The molecule has 0 aliphatic carbocycles. The molecule has 0 atom stereocenters. The van der Waals surface area contributed by atoms with E-state index in [0.29, 0.717) is 32.4 Å². The van der Waals surface area contributed by atoms with E-state index in [9.17, 15) is 19.5 Å². The predicted molar refractivity (Wildman–Crippen MR) is 133 cm³/mol. The van der Waals surface area contributed by atoms with Gasteiger partial charge in [-0.2, -0.15) is 0 Å². The summed E-state index contributed by atoms with van der Waals surface area (Å²) in [6, 6.07) is 18.6. The molecule has 36 heavy (non-hydrogen) atoms. The first-order valence-electron chi connectivity index (χ1n) is 10.4. The smallest absolute Gasteiger partial charge is 0.545 e. The average molecular weight is 542 g/mol. The first kappa shape index (κ1) is 26.5. The third-order valence-corrected chi connectivity index (χ3v) is 6.94. The average Bonchev–Trinajstić information content (AvgIpc) is 3.54. The van der Waals surface area contributed by atoms with Crippen molar-refractivity contribution in [2.75, 3.05) is 11.1 Å². The Hall–Kier alpha value is -2.51. The Morgan fingerprint density at radius 3 is 2.53 bits per heavy atom. The van der Waals surface area contributed by atoms with E-state index in [1.54, 1.807) is 42.7 Å². The third-order valence-electron chi connectivity index (χ3n) is 5.13. The zero-order chi connectivity index (χ0) is 24.4. The molecule has 0 fully saturated rings. The SMILES string of the molecule is O=C(CSc1nc2scc(-c3ccco3)c2c(=O)n1-c1ccccc1)Nc1ccccc1C(=O)[O-].[K+]. The Balaban J connectivity index is 0.00000304. The first-order valence-corrected chi connectivity index (χ1v) is 12.3. The maximum absolute atomic E-state index is 13.7. The summed E-state index contributed by atoms with van der Waals surface area (Å²) in [5, 5.41) is 16.5. The molecule has 1 N–H and O–H groups in total. The number of nitrogens with one attached hydrogen (secondary N) is 1. The van der Waals surface area contributed by atoms with Crippen LogP contribution in [-0.4, -0.2) is 27.2 Å². The maximum atomic E-state index is 13.7. The molecule has 3 aromatic heterocycles. The van der Waals surface area contributed by atoms with E-state index in [1.165, 1.54) is 28.0 Å². The van der Waals surface area contributed by atoms with Crippen LogP contribution in [0.4, 0.5) is 5.69 Å². The van der Waals surface area contributed by atoms with Crippen molar-refractivity contribution >= 4 is 50.9 Å². The Morgan fingerprint density at radius 1 is 1.06 bits per heavy atom. The summed E-state index contributed by atoms with van der Waals surface area (Å²) >= 11 is 2.40. The summed E-state index contributed by atoms with van der Waals surface area (Å²) in [4.78, 5) is 42.9. The number of furan rings is 1. The quantitative estimate of drug-likeness (QED) is 0.184. The fraction of sp³-hybridized carbons (Fsp3) is 0.0400. The first-order chi connectivity index (χ1) is 17.0. The van der Waals surface area contributed by atoms with Crippen LogP contribution in [0.2, 0.25) is 0 Å².